The molecule has 0 saturated carbocycles. The van der Waals surface area contributed by atoms with Crippen LogP contribution in [0.25, 0.3) is 21.9 Å². The molecule has 2 aromatic heterocycles. The third-order valence-electron chi connectivity index (χ3n) is 4.96. The number of nitrogens with one attached hydrogen (secondary N) is 2. The van der Waals surface area contributed by atoms with Crippen molar-refractivity contribution in [3.05, 3.63) is 35.2 Å². The summed E-state index contributed by atoms with van der Waals surface area (Å²) in [5.74, 6) is 0.892. The molecule has 1 aliphatic rings. The second-order valence-electron chi connectivity index (χ2n) is 7.19. The van der Waals surface area contributed by atoms with Gasteiger partial charge in [-0.2, -0.15) is 5.10 Å². The predicted octanol–water partition coefficient (Wildman–Crippen LogP) is 4.09. The Bertz CT molecular complexity index is 1060. The smallest absolute Gasteiger partial charge is 0.131 e. The summed E-state index contributed by atoms with van der Waals surface area (Å²) >= 11 is 6.29. The molecular weight excluding hydrogens is 376 g/mol. The average Bonchev–Trinajstić information content (AvgIpc) is 3.04. The van der Waals surface area contributed by atoms with Gasteiger partial charge in [-0.15, -0.1) is 0 Å². The van der Waals surface area contributed by atoms with Crippen molar-refractivity contribution < 1.29 is 4.74 Å². The van der Waals surface area contributed by atoms with Crippen molar-refractivity contribution in [2.24, 2.45) is 5.10 Å². The highest BCUT2D eigenvalue weighted by atomic mass is 35.5. The highest BCUT2D eigenvalue weighted by Crippen LogP contribution is 2.34. The van der Waals surface area contributed by atoms with Gasteiger partial charge >= 0.3 is 0 Å². The second-order valence-corrected chi connectivity index (χ2v) is 7.62. The SMILES string of the molecule is CC(=N)/C=N\NCc1nc2cnc3ccc(Cl)cc3c2n1C1CCO[C@H](C)C1. The number of pyridine rings is 1. The maximum atomic E-state index is 7.46. The maximum Gasteiger partial charge on any atom is 0.131 e. The lowest BCUT2D eigenvalue weighted by Gasteiger charge is -2.30. The molecule has 146 valence electrons. The Morgan fingerprint density at radius 3 is 3.11 bits per heavy atom. The molecule has 1 saturated heterocycles. The van der Waals surface area contributed by atoms with Crippen molar-refractivity contribution in [3.63, 3.8) is 0 Å². The van der Waals surface area contributed by atoms with Crippen LogP contribution in [0.5, 0.6) is 0 Å². The molecule has 0 aliphatic carbocycles. The van der Waals surface area contributed by atoms with E-state index in [0.29, 0.717) is 17.3 Å². The summed E-state index contributed by atoms with van der Waals surface area (Å²) in [5.41, 5.74) is 6.20. The Hall–Kier alpha value is -2.51. The topological polar surface area (TPSA) is 88.2 Å². The number of aromatic nitrogens is 3. The standard InChI is InChI=1S/C20H23ClN6O/c1-12(22)9-24-25-11-19-26-18-10-23-17-4-3-14(21)8-16(17)20(18)27(19)15-5-6-28-13(2)7-15/h3-4,8-10,13,15,22,25H,5-7,11H2,1-2H3/b22-12?,24-9-/t13-,15?/m1/s1. The number of benzene rings is 1. The first kappa shape index (κ1) is 18.8. The summed E-state index contributed by atoms with van der Waals surface area (Å²) in [7, 11) is 0. The number of hydrogen-bond acceptors (Lipinski definition) is 6. The van der Waals surface area contributed by atoms with Crippen molar-refractivity contribution in [2.75, 3.05) is 6.61 Å². The highest BCUT2D eigenvalue weighted by molar-refractivity contribution is 6.31. The lowest BCUT2D eigenvalue weighted by atomic mass is 10.0. The van der Waals surface area contributed by atoms with Gasteiger partial charge in [0.15, 0.2) is 0 Å². The summed E-state index contributed by atoms with van der Waals surface area (Å²) in [6.45, 7) is 4.99. The molecule has 0 radical (unpaired) electrons. The zero-order valence-corrected chi connectivity index (χ0v) is 16.7. The molecule has 0 amide bonds. The average molecular weight is 399 g/mol. The van der Waals surface area contributed by atoms with Crippen LogP contribution in [0.2, 0.25) is 5.02 Å². The summed E-state index contributed by atoms with van der Waals surface area (Å²) in [6.07, 6.45) is 5.36. The second kappa shape index (κ2) is 7.85. The Balaban J connectivity index is 1.85. The lowest BCUT2D eigenvalue weighted by Crippen LogP contribution is -2.27. The van der Waals surface area contributed by atoms with E-state index in [1.165, 1.54) is 6.21 Å². The summed E-state index contributed by atoms with van der Waals surface area (Å²) in [4.78, 5) is 9.38. The summed E-state index contributed by atoms with van der Waals surface area (Å²) < 4.78 is 8.06. The molecule has 1 aliphatic heterocycles. The molecule has 1 fully saturated rings. The van der Waals surface area contributed by atoms with Crippen LogP contribution < -0.4 is 5.43 Å². The number of fused-ring (bicyclic) bond motifs is 3. The molecule has 8 heteroatoms. The zero-order valence-electron chi connectivity index (χ0n) is 15.9. The molecule has 28 heavy (non-hydrogen) atoms. The van der Waals surface area contributed by atoms with Crippen LogP contribution in [0.1, 0.15) is 38.6 Å². The van der Waals surface area contributed by atoms with E-state index in [2.05, 4.69) is 27.0 Å². The number of imidazole rings is 1. The molecule has 3 aromatic rings. The van der Waals surface area contributed by atoms with Gasteiger partial charge in [0.05, 0.1) is 36.1 Å². The van der Waals surface area contributed by atoms with Crippen LogP contribution in [0.4, 0.5) is 0 Å². The number of hydrogen-bond donors (Lipinski definition) is 2. The molecule has 4 rings (SSSR count). The molecule has 3 heterocycles. The van der Waals surface area contributed by atoms with Crippen LogP contribution in [-0.4, -0.2) is 39.2 Å². The van der Waals surface area contributed by atoms with E-state index >= 15 is 0 Å². The summed E-state index contributed by atoms with van der Waals surface area (Å²) in [6, 6.07) is 6.04. The van der Waals surface area contributed by atoms with Gasteiger partial charge in [0.1, 0.15) is 11.3 Å². The van der Waals surface area contributed by atoms with Gasteiger partial charge < -0.3 is 20.1 Å². The van der Waals surface area contributed by atoms with E-state index in [-0.39, 0.29) is 12.1 Å². The number of hydrazone groups is 1. The minimum absolute atomic E-state index is 0.201. The van der Waals surface area contributed by atoms with Crippen molar-refractivity contribution in [3.8, 4) is 0 Å². The van der Waals surface area contributed by atoms with Crippen LogP contribution in [0.15, 0.2) is 29.5 Å². The van der Waals surface area contributed by atoms with E-state index in [0.717, 1.165) is 47.2 Å². The third-order valence-corrected chi connectivity index (χ3v) is 5.20. The quantitative estimate of drug-likeness (QED) is 0.500. The van der Waals surface area contributed by atoms with Crippen LogP contribution >= 0.6 is 11.6 Å². The number of ether oxygens (including phenoxy) is 1. The molecule has 7 nitrogen and oxygen atoms in total. The first-order valence-corrected chi connectivity index (χ1v) is 9.78. The molecule has 0 bridgehead atoms. The van der Waals surface area contributed by atoms with Gasteiger partial charge in [-0.1, -0.05) is 11.6 Å². The van der Waals surface area contributed by atoms with Crippen molar-refractivity contribution in [1.29, 1.82) is 5.41 Å². The summed E-state index contributed by atoms with van der Waals surface area (Å²) in [5, 5.41) is 13.2. The minimum atomic E-state index is 0.201. The molecular formula is C20H23ClN6O. The first-order valence-electron chi connectivity index (χ1n) is 9.40. The number of nitrogens with zero attached hydrogens (tertiary/aromatic N) is 4. The number of halogens is 1. The zero-order chi connectivity index (χ0) is 19.7. The Kier molecular flexibility index (Phi) is 5.28. The van der Waals surface area contributed by atoms with Gasteiger partial charge in [0.2, 0.25) is 0 Å². The van der Waals surface area contributed by atoms with E-state index in [9.17, 15) is 0 Å². The van der Waals surface area contributed by atoms with Gasteiger partial charge in [-0.25, -0.2) is 4.98 Å². The Morgan fingerprint density at radius 2 is 2.32 bits per heavy atom. The van der Waals surface area contributed by atoms with Gasteiger partial charge in [-0.05, 0) is 44.9 Å². The first-order chi connectivity index (χ1) is 13.5. The largest absolute Gasteiger partial charge is 0.378 e. The maximum absolute atomic E-state index is 7.46. The fraction of sp³-hybridized carbons (Fsp3) is 0.400. The monoisotopic (exact) mass is 398 g/mol. The molecule has 2 atom stereocenters. The van der Waals surface area contributed by atoms with Crippen LogP contribution in [0.3, 0.4) is 0 Å². The van der Waals surface area contributed by atoms with Gasteiger partial charge in [0.25, 0.3) is 0 Å². The Morgan fingerprint density at radius 1 is 1.46 bits per heavy atom. The van der Waals surface area contributed by atoms with E-state index in [1.807, 2.05) is 24.4 Å². The molecule has 0 spiro atoms. The van der Waals surface area contributed by atoms with E-state index in [1.54, 1.807) is 6.92 Å². The fourth-order valence-electron chi connectivity index (χ4n) is 3.78. The van der Waals surface area contributed by atoms with Crippen LogP contribution in [-0.2, 0) is 11.3 Å². The highest BCUT2D eigenvalue weighted by Gasteiger charge is 2.26. The molecule has 1 unspecified atom stereocenters. The molecule has 2 N–H and O–H groups in total. The van der Waals surface area contributed by atoms with Gasteiger partial charge in [-0.3, -0.25) is 4.98 Å². The van der Waals surface area contributed by atoms with E-state index < -0.39 is 0 Å². The van der Waals surface area contributed by atoms with Crippen molar-refractivity contribution in [2.45, 2.75) is 45.4 Å². The predicted molar refractivity (Wildman–Crippen MR) is 112 cm³/mol. The molecule has 1 aromatic carbocycles. The van der Waals surface area contributed by atoms with Crippen LogP contribution in [0, 0.1) is 5.41 Å². The fourth-order valence-corrected chi connectivity index (χ4v) is 3.96. The Labute approximate surface area is 168 Å². The van der Waals surface area contributed by atoms with Gasteiger partial charge in [0, 0.05) is 28.8 Å². The minimum Gasteiger partial charge on any atom is -0.378 e. The normalized spacial score (nSPS) is 20.2. The van der Waals surface area contributed by atoms with Crippen molar-refractivity contribution >= 4 is 45.5 Å². The van der Waals surface area contributed by atoms with Crippen molar-refractivity contribution in [1.82, 2.24) is 20.0 Å². The van der Waals surface area contributed by atoms with E-state index in [4.69, 9.17) is 26.7 Å². The number of rotatable bonds is 5. The third kappa shape index (κ3) is 3.72. The lowest BCUT2D eigenvalue weighted by molar-refractivity contribution is 0.00621.